The van der Waals surface area contributed by atoms with Crippen LogP contribution in [0.2, 0.25) is 0 Å². The van der Waals surface area contributed by atoms with Gasteiger partial charge in [-0.15, -0.1) is 0 Å². The highest BCUT2D eigenvalue weighted by Gasteiger charge is 2.24. The van der Waals surface area contributed by atoms with Crippen LogP contribution in [0.15, 0.2) is 12.3 Å². The summed E-state index contributed by atoms with van der Waals surface area (Å²) in [4.78, 5) is 22.6. The van der Waals surface area contributed by atoms with Crippen LogP contribution in [0.5, 0.6) is 0 Å². The van der Waals surface area contributed by atoms with Gasteiger partial charge in [-0.05, 0) is 13.0 Å². The summed E-state index contributed by atoms with van der Waals surface area (Å²) in [5.41, 5.74) is 1.90. The van der Waals surface area contributed by atoms with Crippen molar-refractivity contribution in [2.24, 2.45) is 5.92 Å². The smallest absolute Gasteiger partial charge is 0.227 e. The first kappa shape index (κ1) is 9.96. The van der Waals surface area contributed by atoms with Crippen molar-refractivity contribution >= 4 is 17.4 Å². The van der Waals surface area contributed by atoms with E-state index in [1.165, 1.54) is 6.92 Å². The van der Waals surface area contributed by atoms with E-state index in [0.717, 1.165) is 11.4 Å². The third-order valence-corrected chi connectivity index (χ3v) is 2.88. The molecule has 0 spiro atoms. The number of aromatic nitrogens is 1. The summed E-state index contributed by atoms with van der Waals surface area (Å²) in [6.45, 7) is 3.79. The average molecular weight is 206 g/mol. The second-order valence-electron chi connectivity index (χ2n) is 3.96. The lowest BCUT2D eigenvalue weighted by Crippen LogP contribution is -2.29. The van der Waals surface area contributed by atoms with Crippen molar-refractivity contribution in [3.05, 3.63) is 18.0 Å². The SMILES string of the molecule is CC(=O)C1CNc2ccn(C(C)=O)c2C1. The van der Waals surface area contributed by atoms with Crippen LogP contribution in [-0.4, -0.2) is 22.8 Å². The van der Waals surface area contributed by atoms with Crippen LogP contribution in [0, 0.1) is 5.92 Å². The molecule has 2 heterocycles. The van der Waals surface area contributed by atoms with Crippen molar-refractivity contribution in [2.75, 3.05) is 11.9 Å². The number of hydrogen-bond acceptors (Lipinski definition) is 3. The molecule has 1 aliphatic heterocycles. The average Bonchev–Trinajstić information content (AvgIpc) is 2.59. The molecule has 80 valence electrons. The predicted octanol–water partition coefficient (Wildman–Crippen LogP) is 1.32. The van der Waals surface area contributed by atoms with Crippen LogP contribution < -0.4 is 5.32 Å². The lowest BCUT2D eigenvalue weighted by atomic mass is 9.95. The van der Waals surface area contributed by atoms with Gasteiger partial charge in [-0.2, -0.15) is 0 Å². The van der Waals surface area contributed by atoms with E-state index in [4.69, 9.17) is 0 Å². The third kappa shape index (κ3) is 1.67. The van der Waals surface area contributed by atoms with Crippen LogP contribution >= 0.6 is 0 Å². The maximum atomic E-state index is 11.3. The topological polar surface area (TPSA) is 51.1 Å². The van der Waals surface area contributed by atoms with Crippen molar-refractivity contribution in [3.63, 3.8) is 0 Å². The molecule has 0 aliphatic carbocycles. The van der Waals surface area contributed by atoms with Crippen LogP contribution in [0.25, 0.3) is 0 Å². The number of hydrogen-bond donors (Lipinski definition) is 1. The largest absolute Gasteiger partial charge is 0.383 e. The van der Waals surface area contributed by atoms with Gasteiger partial charge < -0.3 is 5.32 Å². The van der Waals surface area contributed by atoms with Gasteiger partial charge in [0.05, 0.1) is 5.69 Å². The lowest BCUT2D eigenvalue weighted by molar-refractivity contribution is -0.120. The Kier molecular flexibility index (Phi) is 2.34. The summed E-state index contributed by atoms with van der Waals surface area (Å²) < 4.78 is 1.61. The molecule has 0 bridgehead atoms. The molecule has 1 unspecified atom stereocenters. The van der Waals surface area contributed by atoms with Crippen molar-refractivity contribution in [1.82, 2.24) is 4.57 Å². The van der Waals surface area contributed by atoms with Gasteiger partial charge in [0.2, 0.25) is 5.91 Å². The first-order valence-corrected chi connectivity index (χ1v) is 5.05. The second kappa shape index (κ2) is 3.53. The Morgan fingerprint density at radius 1 is 1.47 bits per heavy atom. The number of anilines is 1. The van der Waals surface area contributed by atoms with Crippen LogP contribution in [0.3, 0.4) is 0 Å². The molecule has 0 aromatic carbocycles. The Balaban J connectivity index is 2.34. The molecule has 0 saturated heterocycles. The predicted molar refractivity (Wildman–Crippen MR) is 57.1 cm³/mol. The maximum absolute atomic E-state index is 11.3. The third-order valence-electron chi connectivity index (χ3n) is 2.88. The fourth-order valence-corrected chi connectivity index (χ4v) is 1.96. The van der Waals surface area contributed by atoms with Crippen molar-refractivity contribution in [1.29, 1.82) is 0 Å². The molecule has 2 rings (SSSR count). The van der Waals surface area contributed by atoms with E-state index in [1.807, 2.05) is 6.07 Å². The fraction of sp³-hybridized carbons (Fsp3) is 0.455. The highest BCUT2D eigenvalue weighted by atomic mass is 16.1. The minimum atomic E-state index is -0.0118. The molecule has 1 N–H and O–H groups in total. The van der Waals surface area contributed by atoms with E-state index >= 15 is 0 Å². The Morgan fingerprint density at radius 3 is 2.80 bits per heavy atom. The zero-order valence-corrected chi connectivity index (χ0v) is 8.91. The molecule has 15 heavy (non-hydrogen) atoms. The zero-order valence-electron chi connectivity index (χ0n) is 8.91. The molecule has 4 nitrogen and oxygen atoms in total. The van der Waals surface area contributed by atoms with Gasteiger partial charge in [0, 0.05) is 37.7 Å². The molecule has 1 atom stereocenters. The monoisotopic (exact) mass is 206 g/mol. The lowest BCUT2D eigenvalue weighted by Gasteiger charge is -2.22. The van der Waals surface area contributed by atoms with E-state index < -0.39 is 0 Å². The first-order chi connectivity index (χ1) is 7.09. The Bertz CT molecular complexity index is 420. The number of Topliss-reactive ketones (excluding diaryl/α,β-unsaturated/α-hetero) is 1. The fourth-order valence-electron chi connectivity index (χ4n) is 1.96. The molecule has 0 saturated carbocycles. The number of rotatable bonds is 1. The molecular weight excluding hydrogens is 192 g/mol. The van der Waals surface area contributed by atoms with E-state index in [1.54, 1.807) is 17.7 Å². The summed E-state index contributed by atoms with van der Waals surface area (Å²) in [5.74, 6) is 0.150. The number of carbonyl (C=O) groups is 2. The van der Waals surface area contributed by atoms with Gasteiger partial charge in [0.15, 0.2) is 0 Å². The van der Waals surface area contributed by atoms with Gasteiger partial charge >= 0.3 is 0 Å². The summed E-state index contributed by atoms with van der Waals surface area (Å²) in [7, 11) is 0. The number of nitrogens with zero attached hydrogens (tertiary/aromatic N) is 1. The van der Waals surface area contributed by atoms with E-state index in [9.17, 15) is 9.59 Å². The zero-order chi connectivity index (χ0) is 11.0. The Labute approximate surface area is 88.3 Å². The Hall–Kier alpha value is -1.58. The van der Waals surface area contributed by atoms with Crippen LogP contribution in [-0.2, 0) is 11.2 Å². The second-order valence-corrected chi connectivity index (χ2v) is 3.96. The first-order valence-electron chi connectivity index (χ1n) is 5.05. The normalized spacial score (nSPS) is 19.2. The molecule has 1 aromatic heterocycles. The number of ketones is 1. The molecule has 0 radical (unpaired) electrons. The highest BCUT2D eigenvalue weighted by molar-refractivity contribution is 5.83. The van der Waals surface area contributed by atoms with Crippen LogP contribution in [0.1, 0.15) is 24.3 Å². The van der Waals surface area contributed by atoms with E-state index in [0.29, 0.717) is 13.0 Å². The van der Waals surface area contributed by atoms with Gasteiger partial charge in [0.1, 0.15) is 5.78 Å². The van der Waals surface area contributed by atoms with Gasteiger partial charge in [-0.3, -0.25) is 14.2 Å². The van der Waals surface area contributed by atoms with Gasteiger partial charge in [-0.1, -0.05) is 0 Å². The minimum Gasteiger partial charge on any atom is -0.383 e. The molecular formula is C11H14N2O2. The molecule has 0 fully saturated rings. The van der Waals surface area contributed by atoms with Gasteiger partial charge in [0.25, 0.3) is 0 Å². The van der Waals surface area contributed by atoms with E-state index in [2.05, 4.69) is 5.32 Å². The minimum absolute atomic E-state index is 0.00880. The number of fused-ring (bicyclic) bond motifs is 1. The maximum Gasteiger partial charge on any atom is 0.227 e. The molecule has 1 aliphatic rings. The standard InChI is InChI=1S/C11H14N2O2/c1-7(14)9-5-11-10(12-6-9)3-4-13(11)8(2)15/h3-4,9,12H,5-6H2,1-2H3. The summed E-state index contributed by atoms with van der Waals surface area (Å²) in [5, 5.41) is 3.18. The molecule has 4 heteroatoms. The number of carbonyl (C=O) groups excluding carboxylic acids is 2. The number of nitrogens with one attached hydrogen (secondary N) is 1. The van der Waals surface area contributed by atoms with Crippen molar-refractivity contribution in [3.8, 4) is 0 Å². The molecule has 1 aromatic rings. The van der Waals surface area contributed by atoms with Crippen molar-refractivity contribution in [2.45, 2.75) is 20.3 Å². The van der Waals surface area contributed by atoms with Gasteiger partial charge in [-0.25, -0.2) is 0 Å². The van der Waals surface area contributed by atoms with Crippen molar-refractivity contribution < 1.29 is 9.59 Å². The van der Waals surface area contributed by atoms with Crippen LogP contribution in [0.4, 0.5) is 5.69 Å². The quantitative estimate of drug-likeness (QED) is 0.754. The van der Waals surface area contributed by atoms with E-state index in [-0.39, 0.29) is 17.6 Å². The molecule has 0 amide bonds. The Morgan fingerprint density at radius 2 is 2.20 bits per heavy atom. The summed E-state index contributed by atoms with van der Waals surface area (Å²) in [6.07, 6.45) is 2.41. The summed E-state index contributed by atoms with van der Waals surface area (Å²) in [6, 6.07) is 1.88. The highest BCUT2D eigenvalue weighted by Crippen LogP contribution is 2.26. The summed E-state index contributed by atoms with van der Waals surface area (Å²) >= 11 is 0.